The third-order valence-electron chi connectivity index (χ3n) is 6.41. The van der Waals surface area contributed by atoms with Crippen LogP contribution in [0, 0.1) is 20.8 Å². The summed E-state index contributed by atoms with van der Waals surface area (Å²) in [5.41, 5.74) is 7.80. The molecule has 174 valence electrons. The monoisotopic (exact) mass is 456 g/mol. The number of carboxylic acid groups (broad SMARTS) is 1. The van der Waals surface area contributed by atoms with E-state index < -0.39 is 12.1 Å². The van der Waals surface area contributed by atoms with Crippen LogP contribution < -0.4 is 4.74 Å². The molecule has 6 heteroatoms. The minimum absolute atomic E-state index is 0.272. The van der Waals surface area contributed by atoms with Crippen LogP contribution in [0.15, 0.2) is 36.5 Å². The largest absolute Gasteiger partial charge is 0.493 e. The molecule has 0 radical (unpaired) electrons. The lowest BCUT2D eigenvalue weighted by molar-refractivity contribution is -0.153. The van der Waals surface area contributed by atoms with Crippen molar-refractivity contribution >= 4 is 27.8 Å². The number of ether oxygens (including phenoxy) is 2. The second-order valence-electron chi connectivity index (χ2n) is 9.27. The number of carboxylic acids is 1. The van der Waals surface area contributed by atoms with Gasteiger partial charge in [0, 0.05) is 45.8 Å². The van der Waals surface area contributed by atoms with Gasteiger partial charge in [0.25, 0.3) is 0 Å². The first-order chi connectivity index (χ1) is 16.3. The number of carbonyl (C=O) groups is 1. The highest BCUT2D eigenvalue weighted by Gasteiger charge is 2.31. The molecule has 2 aromatic heterocycles. The van der Waals surface area contributed by atoms with Crippen LogP contribution in [0.25, 0.3) is 32.9 Å². The van der Waals surface area contributed by atoms with Crippen LogP contribution in [0.1, 0.15) is 47.9 Å². The van der Waals surface area contributed by atoms with Gasteiger partial charge in [0.15, 0.2) is 6.10 Å². The Hall–Kier alpha value is -3.51. The normalized spacial score (nSPS) is 13.9. The summed E-state index contributed by atoms with van der Waals surface area (Å²) in [4.78, 5) is 22.1. The van der Waals surface area contributed by atoms with E-state index in [-0.39, 0.29) is 6.10 Å². The molecule has 0 unspecified atom stereocenters. The van der Waals surface area contributed by atoms with E-state index in [2.05, 4.69) is 0 Å². The number of hydrogen-bond acceptors (Lipinski definition) is 5. The topological polar surface area (TPSA) is 81.5 Å². The van der Waals surface area contributed by atoms with Crippen LogP contribution in [0.4, 0.5) is 0 Å². The molecule has 1 aliphatic rings. The molecular weight excluding hydrogens is 428 g/mol. The standard InChI is InChI=1S/C28H28N2O4/c1-14(2)34-27(28(31)32)23-17(5)30-20-12-15(3)6-7-19(20)25(23)22-16(4)13-21-24-18(9-11-33-21)8-10-29-26(22)24/h6-8,10,12-14,27H,9,11H2,1-5H3,(H,31,32)/t27-/m0/s1. The summed E-state index contributed by atoms with van der Waals surface area (Å²) in [6.45, 7) is 10.2. The van der Waals surface area contributed by atoms with Gasteiger partial charge in [0.2, 0.25) is 0 Å². The Labute approximate surface area is 198 Å². The number of pyridine rings is 2. The Kier molecular flexibility index (Phi) is 5.48. The summed E-state index contributed by atoms with van der Waals surface area (Å²) in [6.07, 6.45) is 1.21. The lowest BCUT2D eigenvalue weighted by atomic mass is 9.86. The highest BCUT2D eigenvalue weighted by atomic mass is 16.5. The highest BCUT2D eigenvalue weighted by molar-refractivity contribution is 6.09. The first-order valence-electron chi connectivity index (χ1n) is 11.6. The van der Waals surface area contributed by atoms with E-state index in [9.17, 15) is 9.90 Å². The Balaban J connectivity index is 1.96. The van der Waals surface area contributed by atoms with Gasteiger partial charge in [0.1, 0.15) is 5.75 Å². The van der Waals surface area contributed by atoms with Crippen LogP contribution in [0.3, 0.4) is 0 Å². The van der Waals surface area contributed by atoms with Crippen LogP contribution in [0.5, 0.6) is 5.75 Å². The summed E-state index contributed by atoms with van der Waals surface area (Å²) < 4.78 is 12.0. The summed E-state index contributed by atoms with van der Waals surface area (Å²) >= 11 is 0. The molecule has 0 fully saturated rings. The van der Waals surface area contributed by atoms with Crippen molar-refractivity contribution in [1.82, 2.24) is 9.97 Å². The molecule has 1 atom stereocenters. The molecule has 0 spiro atoms. The second-order valence-corrected chi connectivity index (χ2v) is 9.27. The number of rotatable bonds is 5. The van der Waals surface area contributed by atoms with Gasteiger partial charge in [0.05, 0.1) is 23.7 Å². The summed E-state index contributed by atoms with van der Waals surface area (Å²) in [7, 11) is 0. The number of nitrogens with zero attached hydrogens (tertiary/aromatic N) is 2. The van der Waals surface area contributed by atoms with Gasteiger partial charge >= 0.3 is 5.97 Å². The molecular formula is C28H28N2O4. The SMILES string of the molecule is Cc1ccc2c(-c3c(C)cc4c5c(ccnc35)CCO4)c([C@H](OC(C)C)C(=O)O)c(C)nc2c1. The lowest BCUT2D eigenvalue weighted by Gasteiger charge is -2.26. The summed E-state index contributed by atoms with van der Waals surface area (Å²) in [5.74, 6) is -0.214. The molecule has 1 N–H and O–H groups in total. The Bertz CT molecular complexity index is 1460. The van der Waals surface area contributed by atoms with Gasteiger partial charge in [-0.3, -0.25) is 9.97 Å². The zero-order chi connectivity index (χ0) is 24.1. The lowest BCUT2D eigenvalue weighted by Crippen LogP contribution is -2.22. The Morgan fingerprint density at radius 2 is 1.91 bits per heavy atom. The van der Waals surface area contributed by atoms with Crippen molar-refractivity contribution in [2.45, 2.75) is 53.2 Å². The zero-order valence-electron chi connectivity index (χ0n) is 20.1. The van der Waals surface area contributed by atoms with Crippen molar-refractivity contribution in [3.63, 3.8) is 0 Å². The second kappa shape index (κ2) is 8.37. The number of hydrogen-bond donors (Lipinski definition) is 1. The average Bonchev–Trinajstić information content (AvgIpc) is 2.77. The molecule has 0 saturated heterocycles. The molecule has 0 saturated carbocycles. The van der Waals surface area contributed by atoms with Crippen LogP contribution in [-0.4, -0.2) is 33.8 Å². The maximum Gasteiger partial charge on any atom is 0.337 e. The molecule has 0 amide bonds. The number of aryl methyl sites for hydroxylation is 3. The van der Waals surface area contributed by atoms with Crippen molar-refractivity contribution in [1.29, 1.82) is 0 Å². The number of aromatic nitrogens is 2. The van der Waals surface area contributed by atoms with Crippen LogP contribution >= 0.6 is 0 Å². The van der Waals surface area contributed by atoms with Crippen molar-refractivity contribution in [2.24, 2.45) is 0 Å². The van der Waals surface area contributed by atoms with Gasteiger partial charge in [-0.05, 0) is 69.5 Å². The van der Waals surface area contributed by atoms with Crippen molar-refractivity contribution in [2.75, 3.05) is 6.61 Å². The third-order valence-corrected chi connectivity index (χ3v) is 6.41. The van der Waals surface area contributed by atoms with Crippen molar-refractivity contribution in [3.05, 3.63) is 64.5 Å². The van der Waals surface area contributed by atoms with Crippen LogP contribution in [0.2, 0.25) is 0 Å². The van der Waals surface area contributed by atoms with Gasteiger partial charge < -0.3 is 14.6 Å². The number of fused-ring (bicyclic) bond motifs is 1. The van der Waals surface area contributed by atoms with E-state index in [1.165, 1.54) is 5.56 Å². The average molecular weight is 457 g/mol. The molecule has 4 aromatic rings. The molecule has 5 rings (SSSR count). The minimum atomic E-state index is -1.16. The van der Waals surface area contributed by atoms with Crippen LogP contribution in [-0.2, 0) is 16.0 Å². The van der Waals surface area contributed by atoms with E-state index in [4.69, 9.17) is 19.4 Å². The van der Waals surface area contributed by atoms with E-state index in [1.54, 1.807) is 0 Å². The first-order valence-corrected chi connectivity index (χ1v) is 11.6. The maximum atomic E-state index is 12.5. The Morgan fingerprint density at radius 3 is 2.65 bits per heavy atom. The van der Waals surface area contributed by atoms with Gasteiger partial charge in [-0.15, -0.1) is 0 Å². The first kappa shape index (κ1) is 22.3. The smallest absolute Gasteiger partial charge is 0.337 e. The molecule has 6 nitrogen and oxygen atoms in total. The summed E-state index contributed by atoms with van der Waals surface area (Å²) in [5, 5.41) is 12.1. The number of benzene rings is 2. The fraction of sp³-hybridized carbons (Fsp3) is 0.321. The molecule has 1 aliphatic heterocycles. The molecule has 2 aromatic carbocycles. The van der Waals surface area contributed by atoms with E-state index >= 15 is 0 Å². The van der Waals surface area contributed by atoms with Crippen molar-refractivity contribution in [3.8, 4) is 16.9 Å². The van der Waals surface area contributed by atoms with Gasteiger partial charge in [-0.25, -0.2) is 4.79 Å². The van der Waals surface area contributed by atoms with Gasteiger partial charge in [-0.1, -0.05) is 12.1 Å². The van der Waals surface area contributed by atoms with E-state index in [0.717, 1.165) is 56.2 Å². The fourth-order valence-electron chi connectivity index (χ4n) is 5.03. The predicted molar refractivity (Wildman–Crippen MR) is 132 cm³/mol. The van der Waals surface area contributed by atoms with Gasteiger partial charge in [-0.2, -0.15) is 0 Å². The zero-order valence-corrected chi connectivity index (χ0v) is 20.1. The minimum Gasteiger partial charge on any atom is -0.493 e. The highest BCUT2D eigenvalue weighted by Crippen LogP contribution is 2.45. The predicted octanol–water partition coefficient (Wildman–Crippen LogP) is 5.86. The quantitative estimate of drug-likeness (QED) is 0.405. The van der Waals surface area contributed by atoms with E-state index in [0.29, 0.717) is 17.9 Å². The summed E-state index contributed by atoms with van der Waals surface area (Å²) in [6, 6.07) is 10.2. The Morgan fingerprint density at radius 1 is 1.12 bits per heavy atom. The molecule has 0 bridgehead atoms. The maximum absolute atomic E-state index is 12.5. The fourth-order valence-corrected chi connectivity index (χ4v) is 5.03. The third kappa shape index (κ3) is 3.59. The molecule has 3 heterocycles. The molecule has 34 heavy (non-hydrogen) atoms. The van der Waals surface area contributed by atoms with Crippen molar-refractivity contribution < 1.29 is 19.4 Å². The molecule has 0 aliphatic carbocycles. The number of aliphatic carboxylic acids is 1. The van der Waals surface area contributed by atoms with E-state index in [1.807, 2.05) is 71.1 Å².